The molecule has 0 spiro atoms. The number of methoxy groups -OCH3 is 1. The van der Waals surface area contributed by atoms with Crippen molar-refractivity contribution in [3.8, 4) is 0 Å². The fourth-order valence-corrected chi connectivity index (χ4v) is 1.43. The van der Waals surface area contributed by atoms with E-state index in [1.165, 1.54) is 25.2 Å². The van der Waals surface area contributed by atoms with E-state index in [0.717, 1.165) is 6.42 Å². The Labute approximate surface area is 123 Å². The van der Waals surface area contributed by atoms with Crippen molar-refractivity contribution in [2.24, 2.45) is 11.8 Å². The normalized spacial score (nSPS) is 16.1. The van der Waals surface area contributed by atoms with Crippen LogP contribution in [-0.4, -0.2) is 13.1 Å². The second kappa shape index (κ2) is 11.3. The molecule has 0 aromatic heterocycles. The van der Waals surface area contributed by atoms with Gasteiger partial charge >= 0.3 is 5.97 Å². The third-order valence-corrected chi connectivity index (χ3v) is 3.13. The lowest BCUT2D eigenvalue weighted by atomic mass is 10.0. The minimum Gasteiger partial charge on any atom is -0.466 e. The van der Waals surface area contributed by atoms with E-state index in [9.17, 15) is 4.79 Å². The van der Waals surface area contributed by atoms with E-state index in [4.69, 9.17) is 0 Å². The second-order valence-corrected chi connectivity index (χ2v) is 5.17. The van der Waals surface area contributed by atoms with Crippen LogP contribution in [0.2, 0.25) is 0 Å². The monoisotopic (exact) mass is 276 g/mol. The van der Waals surface area contributed by atoms with Crippen molar-refractivity contribution < 1.29 is 9.53 Å². The van der Waals surface area contributed by atoms with Crippen molar-refractivity contribution in [1.29, 1.82) is 0 Å². The van der Waals surface area contributed by atoms with Crippen LogP contribution in [0.15, 0.2) is 48.1 Å². The van der Waals surface area contributed by atoms with Gasteiger partial charge < -0.3 is 4.74 Å². The quantitative estimate of drug-likeness (QED) is 0.360. The molecule has 0 unspecified atom stereocenters. The highest BCUT2D eigenvalue weighted by Crippen LogP contribution is 2.10. The maximum absolute atomic E-state index is 10.9. The van der Waals surface area contributed by atoms with Gasteiger partial charge in [0.05, 0.1) is 7.11 Å². The van der Waals surface area contributed by atoms with Crippen molar-refractivity contribution in [2.75, 3.05) is 7.11 Å². The lowest BCUT2D eigenvalue weighted by Gasteiger charge is -2.03. The van der Waals surface area contributed by atoms with Crippen molar-refractivity contribution in [2.45, 2.75) is 40.5 Å². The largest absolute Gasteiger partial charge is 0.466 e. The molecular formula is C18H28O2. The van der Waals surface area contributed by atoms with Gasteiger partial charge in [-0.25, -0.2) is 4.79 Å². The number of allylic oxidation sites excluding steroid dienone is 7. The molecule has 0 saturated heterocycles. The van der Waals surface area contributed by atoms with Gasteiger partial charge in [0.15, 0.2) is 0 Å². The first-order valence-electron chi connectivity index (χ1n) is 7.27. The Morgan fingerprint density at radius 1 is 1.10 bits per heavy atom. The van der Waals surface area contributed by atoms with Gasteiger partial charge in [-0.3, -0.25) is 0 Å². The molecule has 0 aliphatic rings. The number of esters is 1. The first kappa shape index (κ1) is 18.4. The van der Waals surface area contributed by atoms with E-state index < -0.39 is 0 Å². The molecule has 0 rings (SSSR count). The third kappa shape index (κ3) is 10.4. The van der Waals surface area contributed by atoms with Crippen LogP contribution in [0.3, 0.4) is 0 Å². The molecule has 112 valence electrons. The molecule has 0 bridgehead atoms. The summed E-state index contributed by atoms with van der Waals surface area (Å²) < 4.78 is 4.51. The van der Waals surface area contributed by atoms with Crippen molar-refractivity contribution >= 4 is 5.97 Å². The van der Waals surface area contributed by atoms with Crippen LogP contribution in [0.25, 0.3) is 0 Å². The molecule has 0 aliphatic carbocycles. The van der Waals surface area contributed by atoms with E-state index in [1.807, 2.05) is 6.08 Å². The summed E-state index contributed by atoms with van der Waals surface area (Å²) in [6, 6.07) is 0. The molecule has 2 heteroatoms. The maximum atomic E-state index is 10.9. The van der Waals surface area contributed by atoms with Crippen molar-refractivity contribution in [3.63, 3.8) is 0 Å². The Morgan fingerprint density at radius 3 is 2.40 bits per heavy atom. The Morgan fingerprint density at radius 2 is 1.80 bits per heavy atom. The van der Waals surface area contributed by atoms with Gasteiger partial charge in [-0.1, -0.05) is 69.2 Å². The highest BCUT2D eigenvalue weighted by Gasteiger charge is 1.95. The highest BCUT2D eigenvalue weighted by atomic mass is 16.5. The predicted molar refractivity (Wildman–Crippen MR) is 86.4 cm³/mol. The summed E-state index contributed by atoms with van der Waals surface area (Å²) in [5, 5.41) is 0. The van der Waals surface area contributed by atoms with Gasteiger partial charge in [-0.05, 0) is 25.2 Å². The number of hydrogen-bond acceptors (Lipinski definition) is 2. The molecule has 0 radical (unpaired) electrons. The van der Waals surface area contributed by atoms with E-state index in [1.54, 1.807) is 6.08 Å². The van der Waals surface area contributed by atoms with Crippen LogP contribution >= 0.6 is 0 Å². The number of hydrogen-bond donors (Lipinski definition) is 0. The zero-order valence-corrected chi connectivity index (χ0v) is 13.4. The Bertz CT molecular complexity index is 386. The van der Waals surface area contributed by atoms with Gasteiger partial charge in [-0.15, -0.1) is 0 Å². The third-order valence-electron chi connectivity index (χ3n) is 3.13. The van der Waals surface area contributed by atoms with Crippen LogP contribution in [0.1, 0.15) is 40.5 Å². The van der Waals surface area contributed by atoms with Crippen LogP contribution in [0.5, 0.6) is 0 Å². The van der Waals surface area contributed by atoms with Crippen LogP contribution in [0.4, 0.5) is 0 Å². The Kier molecular flexibility index (Phi) is 10.4. The van der Waals surface area contributed by atoms with Gasteiger partial charge in [0.1, 0.15) is 0 Å². The van der Waals surface area contributed by atoms with E-state index in [-0.39, 0.29) is 5.97 Å². The van der Waals surface area contributed by atoms with Gasteiger partial charge in [0, 0.05) is 6.08 Å². The average molecular weight is 276 g/mol. The van der Waals surface area contributed by atoms with Gasteiger partial charge in [-0.2, -0.15) is 0 Å². The fraction of sp³-hybridized carbons (Fsp3) is 0.500. The maximum Gasteiger partial charge on any atom is 0.330 e. The van der Waals surface area contributed by atoms with Gasteiger partial charge in [0.2, 0.25) is 0 Å². The molecular weight excluding hydrogens is 248 g/mol. The van der Waals surface area contributed by atoms with Crippen LogP contribution in [-0.2, 0) is 9.53 Å². The molecule has 0 aliphatic heterocycles. The molecule has 0 aromatic carbocycles. The van der Waals surface area contributed by atoms with Crippen LogP contribution in [0, 0.1) is 11.8 Å². The number of ether oxygens (including phenoxy) is 1. The number of carbonyl (C=O) groups is 1. The van der Waals surface area contributed by atoms with Crippen molar-refractivity contribution in [1.82, 2.24) is 0 Å². The fourth-order valence-electron chi connectivity index (χ4n) is 1.43. The zero-order chi connectivity index (χ0) is 15.4. The minimum atomic E-state index is -0.326. The predicted octanol–water partition coefficient (Wildman–Crippen LogP) is 4.85. The van der Waals surface area contributed by atoms with E-state index >= 15 is 0 Å². The first-order valence-corrected chi connectivity index (χ1v) is 7.27. The molecule has 20 heavy (non-hydrogen) atoms. The minimum absolute atomic E-state index is 0.326. The average Bonchev–Trinajstić information content (AvgIpc) is 2.46. The van der Waals surface area contributed by atoms with Crippen molar-refractivity contribution in [3.05, 3.63) is 48.1 Å². The summed E-state index contributed by atoms with van der Waals surface area (Å²) in [5.41, 5.74) is 1.30. The standard InChI is InChI=1S/C18H28O2/c1-6-15(2)11-12-17(4)14-13-16(3)9-7-8-10-18(19)20-5/h7-12,14-16H,6,13H2,1-5H3/b9-7+,10-8+,12-11+,17-14+/t15-,16+/m1/s1. The smallest absolute Gasteiger partial charge is 0.330 e. The molecule has 0 fully saturated rings. The molecule has 2 nitrogen and oxygen atoms in total. The molecule has 0 aromatic rings. The zero-order valence-electron chi connectivity index (χ0n) is 13.4. The van der Waals surface area contributed by atoms with Gasteiger partial charge in [0.25, 0.3) is 0 Å². The highest BCUT2D eigenvalue weighted by molar-refractivity contribution is 5.82. The summed E-state index contributed by atoms with van der Waals surface area (Å²) >= 11 is 0. The van der Waals surface area contributed by atoms with Crippen LogP contribution < -0.4 is 0 Å². The molecule has 0 heterocycles. The molecule has 0 amide bonds. The Balaban J connectivity index is 4.17. The lowest BCUT2D eigenvalue weighted by molar-refractivity contribution is -0.134. The van der Waals surface area contributed by atoms with E-state index in [2.05, 4.69) is 56.7 Å². The van der Waals surface area contributed by atoms with E-state index in [0.29, 0.717) is 11.8 Å². The summed E-state index contributed by atoms with van der Waals surface area (Å²) in [6.45, 7) is 8.71. The number of rotatable bonds is 8. The molecule has 0 saturated carbocycles. The SMILES string of the molecule is CC[C@@H](C)/C=C/C(C)=C/C[C@@H](C)/C=C/C=C/C(=O)OC. The first-order chi connectivity index (χ1) is 9.49. The summed E-state index contributed by atoms with van der Waals surface area (Å²) in [5.74, 6) is 0.761. The molecule has 2 atom stereocenters. The number of carbonyl (C=O) groups excluding carboxylic acids is 1. The summed E-state index contributed by atoms with van der Waals surface area (Å²) in [4.78, 5) is 10.9. The Hall–Kier alpha value is -1.57. The summed E-state index contributed by atoms with van der Waals surface area (Å²) in [7, 11) is 1.37. The molecule has 0 N–H and O–H groups in total. The summed E-state index contributed by atoms with van der Waals surface area (Å²) in [6.07, 6.45) is 16.0. The second-order valence-electron chi connectivity index (χ2n) is 5.17. The lowest BCUT2D eigenvalue weighted by Crippen LogP contribution is -1.93. The topological polar surface area (TPSA) is 26.3 Å².